The fraction of sp³-hybridized carbons (Fsp3) is 0.787. The number of carbonyl (C=O) groups excluding carboxylic acids is 8. The van der Waals surface area contributed by atoms with Crippen LogP contribution >= 0.6 is 0 Å². The Bertz CT molecular complexity index is 1960. The molecule has 0 aromatic rings. The number of ketones is 1. The van der Waals surface area contributed by atoms with Gasteiger partial charge in [0, 0.05) is 59.8 Å². The van der Waals surface area contributed by atoms with E-state index in [2.05, 4.69) is 0 Å². The molecule has 0 unspecified atom stereocenters. The van der Waals surface area contributed by atoms with Crippen LogP contribution in [0.4, 0.5) is 0 Å². The molecule has 370 valence electrons. The molecule has 0 amide bonds. The molecular formula is C47H68O19. The van der Waals surface area contributed by atoms with Crippen LogP contribution in [0.5, 0.6) is 0 Å². The third-order valence-corrected chi connectivity index (χ3v) is 14.8. The molecule has 1 saturated heterocycles. The van der Waals surface area contributed by atoms with Gasteiger partial charge in [-0.15, -0.1) is 0 Å². The molecule has 5 rings (SSSR count). The molecule has 0 aromatic carbocycles. The predicted molar refractivity (Wildman–Crippen MR) is 226 cm³/mol. The molecule has 66 heavy (non-hydrogen) atoms. The molecule has 19 heteroatoms. The Hall–Kier alpha value is -4.46. The Morgan fingerprint density at radius 2 is 1.30 bits per heavy atom. The molecular weight excluding hydrogens is 868 g/mol. The van der Waals surface area contributed by atoms with Crippen molar-refractivity contribution in [3.63, 3.8) is 0 Å². The SMILES string of the molecule is CC(=O)OC[C@H]1O[C@@H](OC(C)(C)CC[C@@H](OC(C)=O)[C@](C)(O)[C@H]2CC[C@@]3(O)C4=CC(=O)[C@@H]5C[C@@H](OC(C)=O)[C@@H](OC(C)=O)C[C@]5(C)[C@H]4CC[C@]23C)[C@H](OC(C)=O)[C@@H](OC(C)=O)[C@@H]1OC(C)=O. The lowest BCUT2D eigenvalue weighted by Crippen LogP contribution is -2.64. The van der Waals surface area contributed by atoms with E-state index in [0.29, 0.717) is 24.8 Å². The van der Waals surface area contributed by atoms with Crippen LogP contribution in [0.2, 0.25) is 0 Å². The third-order valence-electron chi connectivity index (χ3n) is 14.8. The Morgan fingerprint density at radius 3 is 1.86 bits per heavy atom. The third kappa shape index (κ3) is 10.8. The molecule has 2 N–H and O–H groups in total. The van der Waals surface area contributed by atoms with E-state index in [1.165, 1.54) is 26.8 Å². The summed E-state index contributed by atoms with van der Waals surface area (Å²) in [7, 11) is 0. The minimum Gasteiger partial charge on any atom is -0.463 e. The maximum atomic E-state index is 14.1. The molecule has 19 nitrogen and oxygen atoms in total. The molecule has 4 fully saturated rings. The van der Waals surface area contributed by atoms with Gasteiger partial charge < -0.3 is 52.8 Å². The van der Waals surface area contributed by atoms with Crippen molar-refractivity contribution in [1.29, 1.82) is 0 Å². The number of aliphatic hydroxyl groups is 2. The first-order chi connectivity index (χ1) is 30.4. The van der Waals surface area contributed by atoms with Crippen molar-refractivity contribution in [1.82, 2.24) is 0 Å². The van der Waals surface area contributed by atoms with Crippen molar-refractivity contribution in [3.05, 3.63) is 11.6 Å². The van der Waals surface area contributed by atoms with Crippen LogP contribution in [0.3, 0.4) is 0 Å². The number of fused-ring (bicyclic) bond motifs is 5. The monoisotopic (exact) mass is 936 g/mol. The first kappa shape index (κ1) is 52.5. The van der Waals surface area contributed by atoms with Gasteiger partial charge in [-0.1, -0.05) is 13.8 Å². The minimum absolute atomic E-state index is 0.000457. The molecule has 4 aliphatic carbocycles. The normalized spacial score (nSPS) is 36.3. The van der Waals surface area contributed by atoms with E-state index in [1.807, 2.05) is 13.8 Å². The van der Waals surface area contributed by atoms with E-state index in [0.717, 1.165) is 27.7 Å². The van der Waals surface area contributed by atoms with Gasteiger partial charge >= 0.3 is 41.8 Å². The average molecular weight is 937 g/mol. The highest BCUT2D eigenvalue weighted by atomic mass is 16.7. The van der Waals surface area contributed by atoms with Gasteiger partial charge in [-0.05, 0) is 101 Å². The molecule has 1 aliphatic heterocycles. The van der Waals surface area contributed by atoms with Crippen LogP contribution in [0.1, 0.15) is 134 Å². The molecule has 0 spiro atoms. The van der Waals surface area contributed by atoms with E-state index in [9.17, 15) is 48.6 Å². The summed E-state index contributed by atoms with van der Waals surface area (Å²) >= 11 is 0. The topological polar surface area (TPSA) is 260 Å². The van der Waals surface area contributed by atoms with Gasteiger partial charge in [-0.25, -0.2) is 0 Å². The number of carbonyl (C=O) groups is 8. The van der Waals surface area contributed by atoms with Crippen molar-refractivity contribution >= 4 is 47.6 Å². The number of hydrogen-bond donors (Lipinski definition) is 2. The number of hydrogen-bond acceptors (Lipinski definition) is 19. The van der Waals surface area contributed by atoms with Crippen LogP contribution in [0, 0.1) is 28.6 Å². The van der Waals surface area contributed by atoms with E-state index < -0.39 is 137 Å². The van der Waals surface area contributed by atoms with Gasteiger partial charge in [-0.3, -0.25) is 38.4 Å². The maximum absolute atomic E-state index is 14.1. The Kier molecular flexibility index (Phi) is 15.6. The van der Waals surface area contributed by atoms with Gasteiger partial charge in [0.15, 0.2) is 30.4 Å². The number of ether oxygens (including phenoxy) is 9. The van der Waals surface area contributed by atoms with Crippen molar-refractivity contribution < 1.29 is 91.2 Å². The fourth-order valence-corrected chi connectivity index (χ4v) is 12.0. The van der Waals surface area contributed by atoms with Crippen LogP contribution in [0.15, 0.2) is 11.6 Å². The molecule has 0 bridgehead atoms. The van der Waals surface area contributed by atoms with E-state index in [4.69, 9.17) is 42.6 Å². The Morgan fingerprint density at radius 1 is 0.742 bits per heavy atom. The largest absolute Gasteiger partial charge is 0.463 e. The summed E-state index contributed by atoms with van der Waals surface area (Å²) in [4.78, 5) is 100. The molecule has 1 heterocycles. The molecule has 3 saturated carbocycles. The zero-order valence-corrected chi connectivity index (χ0v) is 40.1. The first-order valence-electron chi connectivity index (χ1n) is 22.7. The predicted octanol–water partition coefficient (Wildman–Crippen LogP) is 3.67. The maximum Gasteiger partial charge on any atom is 0.303 e. The van der Waals surface area contributed by atoms with E-state index >= 15 is 0 Å². The second kappa shape index (κ2) is 19.6. The van der Waals surface area contributed by atoms with E-state index in [-0.39, 0.29) is 43.8 Å². The van der Waals surface area contributed by atoms with E-state index in [1.54, 1.807) is 20.8 Å². The second-order valence-electron chi connectivity index (χ2n) is 20.1. The summed E-state index contributed by atoms with van der Waals surface area (Å²) in [5.41, 5.74) is -5.81. The van der Waals surface area contributed by atoms with Gasteiger partial charge in [0.1, 0.15) is 36.6 Å². The lowest BCUT2D eigenvalue weighted by molar-refractivity contribution is -0.328. The van der Waals surface area contributed by atoms with Gasteiger partial charge in [0.05, 0.1) is 11.2 Å². The Labute approximate surface area is 385 Å². The number of esters is 7. The number of allylic oxidation sites excluding steroid dienone is 1. The Balaban J connectivity index is 1.41. The van der Waals surface area contributed by atoms with Gasteiger partial charge in [-0.2, -0.15) is 0 Å². The zero-order chi connectivity index (χ0) is 49.5. The van der Waals surface area contributed by atoms with Crippen LogP contribution in [-0.4, -0.2) is 130 Å². The summed E-state index contributed by atoms with van der Waals surface area (Å²) in [5, 5.41) is 25.7. The van der Waals surface area contributed by atoms with Crippen LogP contribution in [0.25, 0.3) is 0 Å². The molecule has 15 atom stereocenters. The number of rotatable bonds is 15. The molecule has 5 aliphatic rings. The molecule has 0 aromatic heterocycles. The van der Waals surface area contributed by atoms with Crippen LogP contribution in [-0.2, 0) is 81.0 Å². The quantitative estimate of drug-likeness (QED) is 0.175. The fourth-order valence-electron chi connectivity index (χ4n) is 12.0. The highest BCUT2D eigenvalue weighted by Gasteiger charge is 2.70. The first-order valence-corrected chi connectivity index (χ1v) is 22.7. The van der Waals surface area contributed by atoms with Crippen molar-refractivity contribution in [2.24, 2.45) is 28.6 Å². The second-order valence-corrected chi connectivity index (χ2v) is 20.1. The smallest absolute Gasteiger partial charge is 0.303 e. The standard InChI is InChI=1S/C47H68O19/c1-23(48)58-22-36-39(62-27(5)52)40(63-28(6)53)41(64-29(7)54)42(65-36)66-43(8,9)16-15-38(61-26(4)51)46(12,56)37-14-18-47(57)31-19-33(55)32-20-34(59-24(2)49)35(60-25(3)50)21-44(32,10)30(31)13-17-45(37,47)11/h19,30,32,34-42,56-57H,13-18,20-22H2,1-12H3/t30-,32-,34+,35-,36+,37-,38+,39+,40-,41+,42-,44+,45+,46+,47+/m0/s1. The zero-order valence-electron chi connectivity index (χ0n) is 40.1. The van der Waals surface area contributed by atoms with Crippen molar-refractivity contribution in [2.45, 2.75) is 200 Å². The highest BCUT2D eigenvalue weighted by Crippen LogP contribution is 2.69. The van der Waals surface area contributed by atoms with Gasteiger partial charge in [0.25, 0.3) is 0 Å². The molecule has 0 radical (unpaired) electrons. The highest BCUT2D eigenvalue weighted by molar-refractivity contribution is 5.95. The lowest BCUT2D eigenvalue weighted by Gasteiger charge is -2.61. The van der Waals surface area contributed by atoms with Crippen molar-refractivity contribution in [2.75, 3.05) is 6.61 Å². The van der Waals surface area contributed by atoms with Gasteiger partial charge in [0.2, 0.25) is 0 Å². The summed E-state index contributed by atoms with van der Waals surface area (Å²) < 4.78 is 51.5. The summed E-state index contributed by atoms with van der Waals surface area (Å²) in [6.07, 6.45) is -6.50. The lowest BCUT2D eigenvalue weighted by atomic mass is 9.45. The summed E-state index contributed by atoms with van der Waals surface area (Å²) in [6.45, 7) is 16.5. The minimum atomic E-state index is -1.77. The van der Waals surface area contributed by atoms with Crippen molar-refractivity contribution in [3.8, 4) is 0 Å². The van der Waals surface area contributed by atoms with Crippen LogP contribution < -0.4 is 0 Å². The summed E-state index contributed by atoms with van der Waals surface area (Å²) in [6, 6.07) is 0. The summed E-state index contributed by atoms with van der Waals surface area (Å²) in [5.74, 6) is -6.65. The average Bonchev–Trinajstić information content (AvgIpc) is 3.46.